The lowest BCUT2D eigenvalue weighted by Gasteiger charge is -2.14. The van der Waals surface area contributed by atoms with Crippen LogP contribution in [-0.4, -0.2) is 45.1 Å². The van der Waals surface area contributed by atoms with Gasteiger partial charge in [-0.15, -0.1) is 10.2 Å². The Morgan fingerprint density at radius 2 is 2.10 bits per heavy atom. The third-order valence-corrected chi connectivity index (χ3v) is 3.15. The molecule has 1 unspecified atom stereocenters. The monoisotopic (exact) mass is 283 g/mol. The molecule has 0 aliphatic rings. The molecule has 0 aromatic carbocycles. The molecule has 0 bridgehead atoms. The summed E-state index contributed by atoms with van der Waals surface area (Å²) in [5.41, 5.74) is 0. The average molecular weight is 283 g/mol. The molecular formula is C13H25N5O2. The molecule has 114 valence electrons. The Bertz CT molecular complexity index is 405. The van der Waals surface area contributed by atoms with Gasteiger partial charge >= 0.3 is 6.03 Å². The lowest BCUT2D eigenvalue weighted by Crippen LogP contribution is -2.38. The van der Waals surface area contributed by atoms with Gasteiger partial charge < -0.3 is 20.3 Å². The van der Waals surface area contributed by atoms with Crippen molar-refractivity contribution >= 4 is 6.03 Å². The van der Waals surface area contributed by atoms with E-state index in [9.17, 15) is 9.90 Å². The van der Waals surface area contributed by atoms with E-state index in [0.717, 1.165) is 12.2 Å². The molecule has 2 amide bonds. The third-order valence-electron chi connectivity index (χ3n) is 3.15. The predicted octanol–water partition coefficient (Wildman–Crippen LogP) is 0.547. The van der Waals surface area contributed by atoms with Crippen molar-refractivity contribution in [2.45, 2.75) is 46.3 Å². The molecular weight excluding hydrogens is 258 g/mol. The number of aromatic nitrogens is 3. The molecule has 20 heavy (non-hydrogen) atoms. The fraction of sp³-hybridized carbons (Fsp3) is 0.769. The number of urea groups is 1. The Morgan fingerprint density at radius 1 is 1.40 bits per heavy atom. The van der Waals surface area contributed by atoms with Crippen molar-refractivity contribution in [3.8, 4) is 0 Å². The minimum atomic E-state index is -0.376. The molecule has 1 atom stereocenters. The number of hydrogen-bond acceptors (Lipinski definition) is 4. The van der Waals surface area contributed by atoms with Crippen molar-refractivity contribution in [3.63, 3.8) is 0 Å². The van der Waals surface area contributed by atoms with Crippen LogP contribution in [-0.2, 0) is 13.0 Å². The number of aliphatic hydroxyl groups is 1. The Labute approximate surface area is 119 Å². The summed E-state index contributed by atoms with van der Waals surface area (Å²) >= 11 is 0. The highest BCUT2D eigenvalue weighted by Gasteiger charge is 2.09. The SMILES string of the molecule is CCc1nncn1CCNC(=O)NCCC(O)C(C)C. The van der Waals surface area contributed by atoms with E-state index in [1.165, 1.54) is 0 Å². The smallest absolute Gasteiger partial charge is 0.314 e. The van der Waals surface area contributed by atoms with E-state index in [0.29, 0.717) is 26.1 Å². The van der Waals surface area contributed by atoms with Gasteiger partial charge in [-0.25, -0.2) is 4.79 Å². The molecule has 0 saturated carbocycles. The van der Waals surface area contributed by atoms with E-state index in [1.54, 1.807) is 6.33 Å². The lowest BCUT2D eigenvalue weighted by atomic mass is 10.0. The summed E-state index contributed by atoms with van der Waals surface area (Å²) in [6.07, 6.45) is 2.67. The van der Waals surface area contributed by atoms with Crippen molar-refractivity contribution in [1.29, 1.82) is 0 Å². The van der Waals surface area contributed by atoms with Crippen LogP contribution >= 0.6 is 0 Å². The first-order chi connectivity index (χ1) is 9.54. The van der Waals surface area contributed by atoms with Crippen LogP contribution in [0.3, 0.4) is 0 Å². The molecule has 7 nitrogen and oxygen atoms in total. The van der Waals surface area contributed by atoms with Gasteiger partial charge in [-0.2, -0.15) is 0 Å². The quantitative estimate of drug-likeness (QED) is 0.649. The number of rotatable bonds is 8. The maximum atomic E-state index is 11.5. The zero-order valence-corrected chi connectivity index (χ0v) is 12.5. The van der Waals surface area contributed by atoms with Crippen molar-refractivity contribution in [2.24, 2.45) is 5.92 Å². The minimum Gasteiger partial charge on any atom is -0.393 e. The van der Waals surface area contributed by atoms with Crippen LogP contribution in [0.4, 0.5) is 4.79 Å². The highest BCUT2D eigenvalue weighted by atomic mass is 16.3. The summed E-state index contributed by atoms with van der Waals surface area (Å²) in [4.78, 5) is 11.5. The van der Waals surface area contributed by atoms with E-state index in [1.807, 2.05) is 25.3 Å². The average Bonchev–Trinajstić information content (AvgIpc) is 2.86. The van der Waals surface area contributed by atoms with Gasteiger partial charge in [0.25, 0.3) is 0 Å². The van der Waals surface area contributed by atoms with E-state index in [-0.39, 0.29) is 18.1 Å². The van der Waals surface area contributed by atoms with E-state index in [2.05, 4.69) is 20.8 Å². The molecule has 1 rings (SSSR count). The second kappa shape index (κ2) is 8.52. The first kappa shape index (κ1) is 16.4. The summed E-state index contributed by atoms with van der Waals surface area (Å²) in [6.45, 7) is 7.56. The van der Waals surface area contributed by atoms with E-state index in [4.69, 9.17) is 0 Å². The van der Waals surface area contributed by atoms with Gasteiger partial charge in [0.05, 0.1) is 6.10 Å². The van der Waals surface area contributed by atoms with Crippen LogP contribution in [0.25, 0.3) is 0 Å². The number of aliphatic hydroxyl groups excluding tert-OH is 1. The Kier molecular flexibility index (Phi) is 7.00. The number of carbonyl (C=O) groups excluding carboxylic acids is 1. The molecule has 1 aromatic rings. The molecule has 1 heterocycles. The van der Waals surface area contributed by atoms with E-state index >= 15 is 0 Å². The first-order valence-electron chi connectivity index (χ1n) is 7.11. The number of nitrogens with zero attached hydrogens (tertiary/aromatic N) is 3. The second-order valence-corrected chi connectivity index (χ2v) is 5.08. The zero-order valence-electron chi connectivity index (χ0n) is 12.5. The number of amides is 2. The Morgan fingerprint density at radius 3 is 2.75 bits per heavy atom. The number of hydrogen-bond donors (Lipinski definition) is 3. The van der Waals surface area contributed by atoms with Gasteiger partial charge in [-0.05, 0) is 12.3 Å². The normalized spacial score (nSPS) is 12.4. The van der Waals surface area contributed by atoms with Crippen molar-refractivity contribution < 1.29 is 9.90 Å². The van der Waals surface area contributed by atoms with Gasteiger partial charge in [0.15, 0.2) is 0 Å². The van der Waals surface area contributed by atoms with Gasteiger partial charge in [0.2, 0.25) is 0 Å². The fourth-order valence-corrected chi connectivity index (χ4v) is 1.76. The molecule has 7 heteroatoms. The maximum Gasteiger partial charge on any atom is 0.314 e. The molecule has 0 radical (unpaired) electrons. The van der Waals surface area contributed by atoms with Crippen LogP contribution in [0.5, 0.6) is 0 Å². The lowest BCUT2D eigenvalue weighted by molar-refractivity contribution is 0.116. The fourth-order valence-electron chi connectivity index (χ4n) is 1.76. The van der Waals surface area contributed by atoms with Gasteiger partial charge in [0, 0.05) is 26.1 Å². The molecule has 1 aromatic heterocycles. The number of aryl methyl sites for hydroxylation is 1. The molecule has 3 N–H and O–H groups in total. The van der Waals surface area contributed by atoms with Crippen LogP contribution < -0.4 is 10.6 Å². The number of nitrogens with one attached hydrogen (secondary N) is 2. The second-order valence-electron chi connectivity index (χ2n) is 5.08. The summed E-state index contributed by atoms with van der Waals surface area (Å²) in [6, 6.07) is -0.216. The third kappa shape index (κ3) is 5.56. The summed E-state index contributed by atoms with van der Waals surface area (Å²) in [7, 11) is 0. The molecule has 0 fully saturated rings. The predicted molar refractivity (Wildman–Crippen MR) is 76.3 cm³/mol. The van der Waals surface area contributed by atoms with Crippen LogP contribution in [0.2, 0.25) is 0 Å². The molecule has 0 spiro atoms. The standard InChI is InChI=1S/C13H25N5O2/c1-4-12-17-16-9-18(12)8-7-15-13(20)14-6-5-11(19)10(2)3/h9-11,19H,4-8H2,1-3H3,(H2,14,15,20). The zero-order chi connectivity index (χ0) is 15.0. The highest BCUT2D eigenvalue weighted by molar-refractivity contribution is 5.73. The Hall–Kier alpha value is -1.63. The molecule has 0 aliphatic heterocycles. The summed E-state index contributed by atoms with van der Waals surface area (Å²) < 4.78 is 1.92. The summed E-state index contributed by atoms with van der Waals surface area (Å²) in [5.74, 6) is 1.12. The summed E-state index contributed by atoms with van der Waals surface area (Å²) in [5, 5.41) is 22.9. The van der Waals surface area contributed by atoms with Crippen LogP contribution in [0, 0.1) is 5.92 Å². The highest BCUT2D eigenvalue weighted by Crippen LogP contribution is 2.03. The first-order valence-corrected chi connectivity index (χ1v) is 7.11. The van der Waals surface area contributed by atoms with Crippen LogP contribution in [0.15, 0.2) is 6.33 Å². The van der Waals surface area contributed by atoms with Gasteiger partial charge in [-0.3, -0.25) is 0 Å². The molecule has 0 saturated heterocycles. The minimum absolute atomic E-state index is 0.209. The van der Waals surface area contributed by atoms with Crippen LogP contribution in [0.1, 0.15) is 33.0 Å². The largest absolute Gasteiger partial charge is 0.393 e. The Balaban J connectivity index is 2.14. The van der Waals surface area contributed by atoms with E-state index < -0.39 is 0 Å². The molecule has 0 aliphatic carbocycles. The maximum absolute atomic E-state index is 11.5. The number of carbonyl (C=O) groups is 1. The van der Waals surface area contributed by atoms with Gasteiger partial charge in [0.1, 0.15) is 12.2 Å². The van der Waals surface area contributed by atoms with Crippen molar-refractivity contribution in [2.75, 3.05) is 13.1 Å². The topological polar surface area (TPSA) is 92.1 Å². The van der Waals surface area contributed by atoms with Crippen molar-refractivity contribution in [3.05, 3.63) is 12.2 Å². The van der Waals surface area contributed by atoms with Crippen molar-refractivity contribution in [1.82, 2.24) is 25.4 Å². The van der Waals surface area contributed by atoms with Gasteiger partial charge in [-0.1, -0.05) is 20.8 Å².